The zero-order chi connectivity index (χ0) is 14.0. The number of Topliss-reactive ketones (excluding diaryl/α,β-unsaturated/α-hetero) is 1. The average molecular weight is 262 g/mol. The maximum absolute atomic E-state index is 11.4. The van der Waals surface area contributed by atoms with E-state index in [-0.39, 0.29) is 11.9 Å². The molecule has 1 heterocycles. The predicted octanol–water partition coefficient (Wildman–Crippen LogP) is 2.07. The number of nitrogens with zero attached hydrogens (tertiary/aromatic N) is 1. The van der Waals surface area contributed by atoms with Crippen LogP contribution in [0.5, 0.6) is 0 Å². The van der Waals surface area contributed by atoms with E-state index < -0.39 is 0 Å². The van der Waals surface area contributed by atoms with Crippen LogP contribution >= 0.6 is 0 Å². The lowest BCUT2D eigenvalue weighted by Gasteiger charge is -2.35. The van der Waals surface area contributed by atoms with Crippen LogP contribution in [0.2, 0.25) is 0 Å². The molecule has 4 heteroatoms. The first-order valence-corrected chi connectivity index (χ1v) is 6.82. The van der Waals surface area contributed by atoms with Gasteiger partial charge in [0.2, 0.25) is 0 Å². The summed E-state index contributed by atoms with van der Waals surface area (Å²) in [5, 5.41) is 9.60. The molecule has 1 saturated heterocycles. The van der Waals surface area contributed by atoms with Crippen LogP contribution in [-0.2, 0) is 0 Å². The molecule has 0 saturated carbocycles. The number of aliphatic hydroxyl groups is 1. The Morgan fingerprint density at radius 2 is 2.05 bits per heavy atom. The first kappa shape index (κ1) is 13.9. The second-order valence-corrected chi connectivity index (χ2v) is 5.39. The highest BCUT2D eigenvalue weighted by atomic mass is 16.3. The van der Waals surface area contributed by atoms with Gasteiger partial charge in [0.25, 0.3) is 0 Å². The molecule has 2 rings (SSSR count). The Balaban J connectivity index is 2.08. The summed E-state index contributed by atoms with van der Waals surface area (Å²) in [7, 11) is 0. The fourth-order valence-electron chi connectivity index (χ4n) is 2.71. The van der Waals surface area contributed by atoms with Crippen molar-refractivity contribution in [1.82, 2.24) is 0 Å². The molecular formula is C15H22N2O2. The van der Waals surface area contributed by atoms with Gasteiger partial charge in [-0.2, -0.15) is 0 Å². The highest BCUT2D eigenvalue weighted by Gasteiger charge is 2.23. The standard InChI is InChI=1S/C15H22N2O2/c1-10(18)12-5-7-17(8-6-12)13-3-4-14(11(2)19)15(16)9-13/h3-4,9-10,12,18H,5-8,16H2,1-2H3. The van der Waals surface area contributed by atoms with Crippen LogP contribution < -0.4 is 10.6 Å². The van der Waals surface area contributed by atoms with Gasteiger partial charge >= 0.3 is 0 Å². The van der Waals surface area contributed by atoms with E-state index >= 15 is 0 Å². The van der Waals surface area contributed by atoms with Crippen molar-refractivity contribution in [3.63, 3.8) is 0 Å². The topological polar surface area (TPSA) is 66.6 Å². The van der Waals surface area contributed by atoms with Crippen molar-refractivity contribution < 1.29 is 9.90 Å². The van der Waals surface area contributed by atoms with Gasteiger partial charge in [0.05, 0.1) is 6.10 Å². The minimum absolute atomic E-state index is 0.00290. The van der Waals surface area contributed by atoms with Crippen molar-refractivity contribution >= 4 is 17.2 Å². The summed E-state index contributed by atoms with van der Waals surface area (Å²) in [6.45, 7) is 5.24. The summed E-state index contributed by atoms with van der Waals surface area (Å²) in [5.41, 5.74) is 8.11. The van der Waals surface area contributed by atoms with Crippen molar-refractivity contribution in [3.05, 3.63) is 23.8 Å². The molecule has 1 aliphatic heterocycles. The van der Waals surface area contributed by atoms with Crippen molar-refractivity contribution in [2.24, 2.45) is 5.92 Å². The highest BCUT2D eigenvalue weighted by molar-refractivity contribution is 5.99. The number of hydrogen-bond acceptors (Lipinski definition) is 4. The van der Waals surface area contributed by atoms with Crippen LogP contribution in [0.15, 0.2) is 18.2 Å². The van der Waals surface area contributed by atoms with Gasteiger partial charge in [-0.05, 0) is 50.8 Å². The number of carbonyl (C=O) groups is 1. The molecule has 0 bridgehead atoms. The number of ketones is 1. The minimum atomic E-state index is -0.229. The normalized spacial score (nSPS) is 18.4. The van der Waals surface area contributed by atoms with Gasteiger partial charge in [-0.15, -0.1) is 0 Å². The third kappa shape index (κ3) is 3.07. The molecule has 0 spiro atoms. The number of anilines is 2. The van der Waals surface area contributed by atoms with Gasteiger partial charge < -0.3 is 15.7 Å². The van der Waals surface area contributed by atoms with Crippen LogP contribution in [0.4, 0.5) is 11.4 Å². The zero-order valence-corrected chi connectivity index (χ0v) is 11.6. The molecule has 19 heavy (non-hydrogen) atoms. The number of rotatable bonds is 3. The molecule has 1 fully saturated rings. The largest absolute Gasteiger partial charge is 0.398 e. The molecule has 4 nitrogen and oxygen atoms in total. The van der Waals surface area contributed by atoms with E-state index in [0.29, 0.717) is 17.2 Å². The lowest BCUT2D eigenvalue weighted by atomic mass is 9.92. The van der Waals surface area contributed by atoms with Gasteiger partial charge in [-0.1, -0.05) is 0 Å². The summed E-state index contributed by atoms with van der Waals surface area (Å²) < 4.78 is 0. The maximum Gasteiger partial charge on any atom is 0.161 e. The summed E-state index contributed by atoms with van der Waals surface area (Å²) in [5.74, 6) is 0.391. The highest BCUT2D eigenvalue weighted by Crippen LogP contribution is 2.27. The molecule has 1 atom stereocenters. The predicted molar refractivity (Wildman–Crippen MR) is 77.5 cm³/mol. The Hall–Kier alpha value is -1.55. The Labute approximate surface area is 114 Å². The smallest absolute Gasteiger partial charge is 0.161 e. The van der Waals surface area contributed by atoms with E-state index in [1.807, 2.05) is 19.1 Å². The lowest BCUT2D eigenvalue weighted by molar-refractivity contribution is 0.101. The lowest BCUT2D eigenvalue weighted by Crippen LogP contribution is -2.37. The summed E-state index contributed by atoms with van der Waals surface area (Å²) >= 11 is 0. The Kier molecular flexibility index (Phi) is 4.10. The number of nitrogen functional groups attached to an aromatic ring is 1. The molecule has 104 valence electrons. The number of aliphatic hydroxyl groups excluding tert-OH is 1. The first-order valence-electron chi connectivity index (χ1n) is 6.82. The molecule has 0 aliphatic carbocycles. The van der Waals surface area contributed by atoms with Crippen molar-refractivity contribution in [1.29, 1.82) is 0 Å². The SMILES string of the molecule is CC(=O)c1ccc(N2CCC(C(C)O)CC2)cc1N. The van der Waals surface area contributed by atoms with Crippen molar-refractivity contribution in [2.75, 3.05) is 23.7 Å². The summed E-state index contributed by atoms with van der Waals surface area (Å²) in [6.07, 6.45) is 1.75. The molecule has 0 aromatic heterocycles. The molecular weight excluding hydrogens is 240 g/mol. The van der Waals surface area contributed by atoms with Gasteiger partial charge in [-0.25, -0.2) is 0 Å². The summed E-state index contributed by atoms with van der Waals surface area (Å²) in [6, 6.07) is 5.63. The van der Waals surface area contributed by atoms with Crippen LogP contribution in [0.25, 0.3) is 0 Å². The van der Waals surface area contributed by atoms with Gasteiger partial charge in [0.15, 0.2) is 5.78 Å². The number of benzene rings is 1. The van der Waals surface area contributed by atoms with Gasteiger partial charge in [0, 0.05) is 30.0 Å². The van der Waals surface area contributed by atoms with E-state index in [0.717, 1.165) is 31.6 Å². The average Bonchev–Trinajstić information content (AvgIpc) is 2.38. The van der Waals surface area contributed by atoms with Gasteiger partial charge in [0.1, 0.15) is 0 Å². The Bertz CT molecular complexity index is 463. The summed E-state index contributed by atoms with van der Waals surface area (Å²) in [4.78, 5) is 13.6. The number of hydrogen-bond donors (Lipinski definition) is 2. The Morgan fingerprint density at radius 1 is 1.42 bits per heavy atom. The molecule has 3 N–H and O–H groups in total. The Morgan fingerprint density at radius 3 is 2.53 bits per heavy atom. The molecule has 1 aromatic carbocycles. The first-order chi connectivity index (χ1) is 8.99. The number of piperidine rings is 1. The van der Waals surface area contributed by atoms with Crippen LogP contribution in [0.3, 0.4) is 0 Å². The second-order valence-electron chi connectivity index (χ2n) is 5.39. The third-order valence-electron chi connectivity index (χ3n) is 4.00. The van der Waals surface area contributed by atoms with Crippen LogP contribution in [0.1, 0.15) is 37.0 Å². The molecule has 1 aromatic rings. The van der Waals surface area contributed by atoms with Gasteiger partial charge in [-0.3, -0.25) is 4.79 Å². The fourth-order valence-corrected chi connectivity index (χ4v) is 2.71. The van der Waals surface area contributed by atoms with Crippen LogP contribution in [-0.4, -0.2) is 30.1 Å². The van der Waals surface area contributed by atoms with Crippen LogP contribution in [0, 0.1) is 5.92 Å². The zero-order valence-electron chi connectivity index (χ0n) is 11.6. The van der Waals surface area contributed by atoms with Crippen molar-refractivity contribution in [2.45, 2.75) is 32.8 Å². The van der Waals surface area contributed by atoms with E-state index in [1.54, 1.807) is 6.07 Å². The van der Waals surface area contributed by atoms with E-state index in [2.05, 4.69) is 4.90 Å². The minimum Gasteiger partial charge on any atom is -0.398 e. The second kappa shape index (κ2) is 5.61. The van der Waals surface area contributed by atoms with E-state index in [1.165, 1.54) is 6.92 Å². The number of nitrogens with two attached hydrogens (primary N) is 1. The quantitative estimate of drug-likeness (QED) is 0.646. The third-order valence-corrected chi connectivity index (χ3v) is 4.00. The maximum atomic E-state index is 11.4. The van der Waals surface area contributed by atoms with E-state index in [9.17, 15) is 9.90 Å². The molecule has 0 radical (unpaired) electrons. The fraction of sp³-hybridized carbons (Fsp3) is 0.533. The number of carbonyl (C=O) groups excluding carboxylic acids is 1. The molecule has 1 aliphatic rings. The van der Waals surface area contributed by atoms with Crippen molar-refractivity contribution in [3.8, 4) is 0 Å². The monoisotopic (exact) mass is 262 g/mol. The van der Waals surface area contributed by atoms with E-state index in [4.69, 9.17) is 5.73 Å². The molecule has 1 unspecified atom stereocenters. The molecule has 0 amide bonds.